The molecule has 0 saturated carbocycles. The van der Waals surface area contributed by atoms with Gasteiger partial charge >= 0.3 is 5.97 Å². The van der Waals surface area contributed by atoms with Gasteiger partial charge in [-0.1, -0.05) is 42.5 Å². The predicted octanol–water partition coefficient (Wildman–Crippen LogP) is 2.43. The van der Waals surface area contributed by atoms with Gasteiger partial charge in [0.05, 0.1) is 13.2 Å². The van der Waals surface area contributed by atoms with Gasteiger partial charge in [-0.2, -0.15) is 0 Å². The fourth-order valence-corrected chi connectivity index (χ4v) is 2.55. The molecule has 0 unspecified atom stereocenters. The van der Waals surface area contributed by atoms with E-state index < -0.39 is 5.97 Å². The zero-order chi connectivity index (χ0) is 18.8. The summed E-state index contributed by atoms with van der Waals surface area (Å²) in [5.41, 5.74) is 2.71. The first-order valence-electron chi connectivity index (χ1n) is 8.53. The van der Waals surface area contributed by atoms with Gasteiger partial charge in [-0.25, -0.2) is 0 Å². The van der Waals surface area contributed by atoms with Crippen LogP contribution in [0.25, 0.3) is 0 Å². The molecule has 0 bridgehead atoms. The number of aliphatic carboxylic acids is 1. The Kier molecular flexibility index (Phi) is 7.64. The monoisotopic (exact) mass is 356 g/mol. The van der Waals surface area contributed by atoms with Crippen molar-refractivity contribution in [3.05, 3.63) is 65.7 Å². The average Bonchev–Trinajstić information content (AvgIpc) is 2.65. The minimum absolute atomic E-state index is 0.0239. The third-order valence-electron chi connectivity index (χ3n) is 3.84. The molecule has 0 spiro atoms. The van der Waals surface area contributed by atoms with Crippen LogP contribution in [0, 0.1) is 0 Å². The largest absolute Gasteiger partial charge is 0.480 e. The number of ether oxygens (including phenoxy) is 1. The third-order valence-corrected chi connectivity index (χ3v) is 3.84. The lowest BCUT2D eigenvalue weighted by Gasteiger charge is -2.22. The summed E-state index contributed by atoms with van der Waals surface area (Å²) in [6.45, 7) is 3.17. The van der Waals surface area contributed by atoms with E-state index in [4.69, 9.17) is 9.84 Å². The molecule has 6 heteroatoms. The third kappa shape index (κ3) is 6.22. The number of carbonyl (C=O) groups is 2. The number of nitrogens with zero attached hydrogens (tertiary/aromatic N) is 1. The number of amides is 1. The fourth-order valence-electron chi connectivity index (χ4n) is 2.55. The lowest BCUT2D eigenvalue weighted by atomic mass is 10.1. The number of anilines is 1. The Bertz CT molecular complexity index is 719. The van der Waals surface area contributed by atoms with E-state index in [-0.39, 0.29) is 19.0 Å². The number of rotatable bonds is 10. The van der Waals surface area contributed by atoms with Crippen molar-refractivity contribution in [3.8, 4) is 0 Å². The number of hydrogen-bond acceptors (Lipinski definition) is 4. The van der Waals surface area contributed by atoms with Gasteiger partial charge in [-0.3, -0.25) is 9.59 Å². The minimum Gasteiger partial charge on any atom is -0.480 e. The van der Waals surface area contributed by atoms with Crippen LogP contribution in [-0.4, -0.2) is 36.7 Å². The number of carboxylic acids is 1. The molecule has 0 radical (unpaired) electrons. The zero-order valence-corrected chi connectivity index (χ0v) is 14.9. The van der Waals surface area contributed by atoms with Crippen molar-refractivity contribution < 1.29 is 19.4 Å². The predicted molar refractivity (Wildman–Crippen MR) is 99.9 cm³/mol. The highest BCUT2D eigenvalue weighted by molar-refractivity contribution is 5.84. The first kappa shape index (κ1) is 19.5. The van der Waals surface area contributed by atoms with Crippen LogP contribution in [0.2, 0.25) is 0 Å². The molecule has 2 rings (SSSR count). The Hall–Kier alpha value is -2.86. The van der Waals surface area contributed by atoms with E-state index in [1.807, 2.05) is 49.4 Å². The molecule has 1 amide bonds. The molecule has 0 fully saturated rings. The first-order valence-corrected chi connectivity index (χ1v) is 8.53. The van der Waals surface area contributed by atoms with E-state index in [0.29, 0.717) is 25.4 Å². The summed E-state index contributed by atoms with van der Waals surface area (Å²) in [5.74, 6) is -1.22. The van der Waals surface area contributed by atoms with Gasteiger partial charge in [-0.15, -0.1) is 0 Å². The summed E-state index contributed by atoms with van der Waals surface area (Å²) >= 11 is 0. The number of carboxylic acid groups (broad SMARTS) is 1. The molecule has 2 N–H and O–H groups in total. The van der Waals surface area contributed by atoms with Crippen LogP contribution >= 0.6 is 0 Å². The van der Waals surface area contributed by atoms with Crippen molar-refractivity contribution in [1.82, 2.24) is 5.32 Å². The highest BCUT2D eigenvalue weighted by atomic mass is 16.5. The number of benzene rings is 2. The summed E-state index contributed by atoms with van der Waals surface area (Å²) in [7, 11) is 0. The van der Waals surface area contributed by atoms with Crippen molar-refractivity contribution in [3.63, 3.8) is 0 Å². The van der Waals surface area contributed by atoms with Gasteiger partial charge in [0.15, 0.2) is 0 Å². The number of hydrogen-bond donors (Lipinski definition) is 2. The van der Waals surface area contributed by atoms with Gasteiger partial charge in [-0.05, 0) is 30.2 Å². The smallest absolute Gasteiger partial charge is 0.323 e. The van der Waals surface area contributed by atoms with Gasteiger partial charge in [0.25, 0.3) is 0 Å². The topological polar surface area (TPSA) is 78.9 Å². The highest BCUT2D eigenvalue weighted by Crippen LogP contribution is 2.13. The minimum atomic E-state index is -0.983. The second-order valence-corrected chi connectivity index (χ2v) is 5.77. The van der Waals surface area contributed by atoms with Gasteiger partial charge < -0.3 is 20.1 Å². The van der Waals surface area contributed by atoms with Crippen molar-refractivity contribution in [2.75, 3.05) is 24.6 Å². The second kappa shape index (κ2) is 10.2. The van der Waals surface area contributed by atoms with Crippen molar-refractivity contribution in [2.24, 2.45) is 0 Å². The molecule has 0 aromatic heterocycles. The molecule has 0 aliphatic carbocycles. The Balaban J connectivity index is 1.97. The summed E-state index contributed by atoms with van der Waals surface area (Å²) in [4.78, 5) is 25.0. The molecule has 138 valence electrons. The normalized spacial score (nSPS) is 10.3. The maximum atomic E-state index is 12.3. The van der Waals surface area contributed by atoms with Crippen LogP contribution in [0.5, 0.6) is 0 Å². The molecular weight excluding hydrogens is 332 g/mol. The van der Waals surface area contributed by atoms with Crippen molar-refractivity contribution >= 4 is 17.6 Å². The number of carbonyl (C=O) groups excluding carboxylic acids is 1. The van der Waals surface area contributed by atoms with Gasteiger partial charge in [0.2, 0.25) is 5.91 Å². The molecule has 0 saturated heterocycles. The average molecular weight is 356 g/mol. The Labute approximate surface area is 153 Å². The Morgan fingerprint density at radius 2 is 1.65 bits per heavy atom. The van der Waals surface area contributed by atoms with E-state index in [9.17, 15) is 9.59 Å². The van der Waals surface area contributed by atoms with Crippen LogP contribution in [-0.2, 0) is 27.5 Å². The quantitative estimate of drug-likeness (QED) is 0.684. The summed E-state index contributed by atoms with van der Waals surface area (Å²) in [6.07, 6.45) is 0. The van der Waals surface area contributed by atoms with E-state index in [2.05, 4.69) is 5.32 Å². The lowest BCUT2D eigenvalue weighted by Crippen LogP contribution is -2.39. The molecule has 26 heavy (non-hydrogen) atoms. The standard InChI is InChI=1S/C20H24N2O4/c1-2-26-15-17-9-7-6-8-16(17)12-21-19(23)13-22(14-20(24)25)18-10-4-3-5-11-18/h3-11H,2,12-15H2,1H3,(H,21,23)(H,24,25). The Morgan fingerprint density at radius 1 is 1.00 bits per heavy atom. The second-order valence-electron chi connectivity index (χ2n) is 5.77. The maximum absolute atomic E-state index is 12.3. The molecule has 0 aliphatic heterocycles. The summed E-state index contributed by atoms with van der Waals surface area (Å²) in [6, 6.07) is 16.8. The molecule has 2 aromatic carbocycles. The van der Waals surface area contributed by atoms with Crippen molar-refractivity contribution in [2.45, 2.75) is 20.1 Å². The maximum Gasteiger partial charge on any atom is 0.323 e. The molecule has 0 aliphatic rings. The summed E-state index contributed by atoms with van der Waals surface area (Å²) in [5, 5.41) is 12.0. The number of para-hydroxylation sites is 1. The Morgan fingerprint density at radius 3 is 2.31 bits per heavy atom. The molecule has 6 nitrogen and oxygen atoms in total. The molecule has 2 aromatic rings. The van der Waals surface area contributed by atoms with E-state index in [1.165, 1.54) is 4.90 Å². The SMILES string of the molecule is CCOCc1ccccc1CNC(=O)CN(CC(=O)O)c1ccccc1. The van der Waals surface area contributed by atoms with E-state index >= 15 is 0 Å². The molecular formula is C20H24N2O4. The zero-order valence-electron chi connectivity index (χ0n) is 14.9. The van der Waals surface area contributed by atoms with Crippen LogP contribution < -0.4 is 10.2 Å². The van der Waals surface area contributed by atoms with Gasteiger partial charge in [0.1, 0.15) is 6.54 Å². The highest BCUT2D eigenvalue weighted by Gasteiger charge is 2.15. The van der Waals surface area contributed by atoms with Crippen LogP contribution in [0.3, 0.4) is 0 Å². The van der Waals surface area contributed by atoms with Crippen LogP contribution in [0.4, 0.5) is 5.69 Å². The molecule has 0 atom stereocenters. The van der Waals surface area contributed by atoms with E-state index in [0.717, 1.165) is 11.1 Å². The molecule has 0 heterocycles. The number of nitrogens with one attached hydrogen (secondary N) is 1. The van der Waals surface area contributed by atoms with Crippen molar-refractivity contribution in [1.29, 1.82) is 0 Å². The first-order chi connectivity index (χ1) is 12.6. The fraction of sp³-hybridized carbons (Fsp3) is 0.300. The van der Waals surface area contributed by atoms with Gasteiger partial charge in [0, 0.05) is 18.8 Å². The van der Waals surface area contributed by atoms with E-state index in [1.54, 1.807) is 12.1 Å². The van der Waals surface area contributed by atoms with Crippen LogP contribution in [0.15, 0.2) is 54.6 Å². The summed E-state index contributed by atoms with van der Waals surface area (Å²) < 4.78 is 5.45. The lowest BCUT2D eigenvalue weighted by molar-refractivity contribution is -0.135. The van der Waals surface area contributed by atoms with Crippen LogP contribution in [0.1, 0.15) is 18.1 Å².